The molecular formula is C15H18F3NO3. The molecule has 0 saturated carbocycles. The number of aliphatic hydroxyl groups is 1. The molecule has 0 radical (unpaired) electrons. The smallest absolute Gasteiger partial charge is 0.266 e. The van der Waals surface area contributed by atoms with E-state index in [-0.39, 0.29) is 12.2 Å². The number of alkyl halides is 2. The number of halogens is 3. The van der Waals surface area contributed by atoms with Gasteiger partial charge in [0, 0.05) is 30.9 Å². The first-order valence-corrected chi connectivity index (χ1v) is 7.06. The summed E-state index contributed by atoms with van der Waals surface area (Å²) in [6.07, 6.45) is -1.48. The zero-order valence-electron chi connectivity index (χ0n) is 11.9. The normalized spacial score (nSPS) is 17.5. The molecule has 1 saturated heterocycles. The molecule has 1 aromatic rings. The van der Waals surface area contributed by atoms with E-state index in [4.69, 9.17) is 4.74 Å². The highest BCUT2D eigenvalue weighted by Gasteiger charge is 2.34. The second-order valence-corrected chi connectivity index (χ2v) is 5.36. The minimum atomic E-state index is -2.92. The van der Waals surface area contributed by atoms with Gasteiger partial charge in [-0.25, -0.2) is 13.2 Å². The van der Waals surface area contributed by atoms with Crippen molar-refractivity contribution in [2.45, 2.75) is 31.2 Å². The van der Waals surface area contributed by atoms with Gasteiger partial charge in [0.2, 0.25) is 0 Å². The summed E-state index contributed by atoms with van der Waals surface area (Å²) < 4.78 is 43.8. The van der Waals surface area contributed by atoms with Crippen molar-refractivity contribution in [1.29, 1.82) is 0 Å². The third kappa shape index (κ3) is 3.78. The number of rotatable bonds is 5. The van der Waals surface area contributed by atoms with Crippen molar-refractivity contribution in [2.75, 3.05) is 19.8 Å². The lowest BCUT2D eigenvalue weighted by molar-refractivity contribution is 0.0267. The van der Waals surface area contributed by atoms with Gasteiger partial charge in [-0.2, -0.15) is 0 Å². The monoisotopic (exact) mass is 317 g/mol. The number of benzene rings is 1. The summed E-state index contributed by atoms with van der Waals surface area (Å²) in [5.41, 5.74) is -1.36. The molecule has 1 heterocycles. The summed E-state index contributed by atoms with van der Waals surface area (Å²) in [4.78, 5) is 12.2. The number of hydrogen-bond donors (Lipinski definition) is 2. The summed E-state index contributed by atoms with van der Waals surface area (Å²) in [6, 6.07) is 2.90. The minimum Gasteiger partial charge on any atom is -0.396 e. The van der Waals surface area contributed by atoms with Crippen molar-refractivity contribution < 1.29 is 27.8 Å². The van der Waals surface area contributed by atoms with Crippen molar-refractivity contribution >= 4 is 5.91 Å². The fraction of sp³-hybridized carbons (Fsp3) is 0.533. The van der Waals surface area contributed by atoms with Gasteiger partial charge in [-0.1, -0.05) is 0 Å². The van der Waals surface area contributed by atoms with E-state index in [1.807, 2.05) is 0 Å². The van der Waals surface area contributed by atoms with Gasteiger partial charge in [-0.3, -0.25) is 4.79 Å². The molecule has 0 aromatic heterocycles. The van der Waals surface area contributed by atoms with Crippen molar-refractivity contribution in [3.63, 3.8) is 0 Å². The number of carbonyl (C=O) groups is 1. The fourth-order valence-corrected chi connectivity index (χ4v) is 2.57. The molecule has 0 atom stereocenters. The summed E-state index contributed by atoms with van der Waals surface area (Å²) in [6.45, 7) is 0.816. The number of ether oxygens (including phenoxy) is 1. The quantitative estimate of drug-likeness (QED) is 0.877. The lowest BCUT2D eigenvalue weighted by Gasteiger charge is -2.37. The highest BCUT2D eigenvalue weighted by molar-refractivity contribution is 5.94. The predicted molar refractivity (Wildman–Crippen MR) is 73.3 cm³/mol. The van der Waals surface area contributed by atoms with E-state index in [0.29, 0.717) is 32.5 Å². The van der Waals surface area contributed by atoms with Crippen molar-refractivity contribution in [1.82, 2.24) is 5.32 Å². The molecule has 2 N–H and O–H groups in total. The SMILES string of the molecule is O=C(NC1(CCO)CCOCC1)c1ccc(C(F)F)c(F)c1. The lowest BCUT2D eigenvalue weighted by atomic mass is 9.86. The molecule has 1 amide bonds. The Morgan fingerprint density at radius 3 is 2.59 bits per heavy atom. The van der Waals surface area contributed by atoms with Crippen LogP contribution in [-0.4, -0.2) is 36.4 Å². The Morgan fingerprint density at radius 2 is 2.05 bits per heavy atom. The Labute approximate surface area is 126 Å². The van der Waals surface area contributed by atoms with Crippen LogP contribution in [0.25, 0.3) is 0 Å². The molecule has 0 bridgehead atoms. The third-order valence-corrected chi connectivity index (χ3v) is 3.92. The lowest BCUT2D eigenvalue weighted by Crippen LogP contribution is -2.52. The maximum Gasteiger partial charge on any atom is 0.266 e. The largest absolute Gasteiger partial charge is 0.396 e. The molecule has 4 nitrogen and oxygen atoms in total. The zero-order chi connectivity index (χ0) is 16.2. The van der Waals surface area contributed by atoms with Gasteiger partial charge in [0.25, 0.3) is 12.3 Å². The summed E-state index contributed by atoms with van der Waals surface area (Å²) >= 11 is 0. The molecular weight excluding hydrogens is 299 g/mol. The van der Waals surface area contributed by atoms with E-state index in [1.54, 1.807) is 0 Å². The van der Waals surface area contributed by atoms with Crippen LogP contribution < -0.4 is 5.32 Å². The van der Waals surface area contributed by atoms with Crippen LogP contribution in [0.3, 0.4) is 0 Å². The molecule has 1 fully saturated rings. The number of aliphatic hydroxyl groups excluding tert-OH is 1. The van der Waals surface area contributed by atoms with Crippen LogP contribution >= 0.6 is 0 Å². The molecule has 7 heteroatoms. The van der Waals surface area contributed by atoms with Crippen LogP contribution in [0.5, 0.6) is 0 Å². The number of hydrogen-bond acceptors (Lipinski definition) is 3. The molecule has 122 valence electrons. The molecule has 1 aliphatic rings. The fourth-order valence-electron chi connectivity index (χ4n) is 2.57. The topological polar surface area (TPSA) is 58.6 Å². The van der Waals surface area contributed by atoms with E-state index in [2.05, 4.69) is 5.32 Å². The zero-order valence-corrected chi connectivity index (χ0v) is 11.9. The van der Waals surface area contributed by atoms with E-state index in [0.717, 1.165) is 12.1 Å². The first kappa shape index (κ1) is 16.8. The third-order valence-electron chi connectivity index (χ3n) is 3.92. The Bertz CT molecular complexity index is 525. The summed E-state index contributed by atoms with van der Waals surface area (Å²) in [5.74, 6) is -1.65. The number of nitrogens with one attached hydrogen (secondary N) is 1. The van der Waals surface area contributed by atoms with Crippen molar-refractivity contribution in [3.8, 4) is 0 Å². The predicted octanol–water partition coefficient (Wildman–Crippen LogP) is 2.42. The maximum absolute atomic E-state index is 13.6. The minimum absolute atomic E-state index is 0.0225. The number of carbonyl (C=O) groups excluding carboxylic acids is 1. The van der Waals surface area contributed by atoms with E-state index in [1.165, 1.54) is 6.07 Å². The van der Waals surface area contributed by atoms with Crippen LogP contribution in [0.2, 0.25) is 0 Å². The molecule has 0 spiro atoms. The van der Waals surface area contributed by atoms with E-state index < -0.39 is 29.3 Å². The van der Waals surface area contributed by atoms with Gasteiger partial charge < -0.3 is 15.2 Å². The highest BCUT2D eigenvalue weighted by Crippen LogP contribution is 2.26. The first-order chi connectivity index (χ1) is 10.5. The van der Waals surface area contributed by atoms with Crippen molar-refractivity contribution in [2.24, 2.45) is 0 Å². The highest BCUT2D eigenvalue weighted by atomic mass is 19.3. The van der Waals surface area contributed by atoms with E-state index >= 15 is 0 Å². The van der Waals surface area contributed by atoms with Crippen LogP contribution in [0.1, 0.15) is 41.6 Å². The van der Waals surface area contributed by atoms with Gasteiger partial charge in [0.15, 0.2) is 0 Å². The van der Waals surface area contributed by atoms with Crippen LogP contribution in [0.15, 0.2) is 18.2 Å². The van der Waals surface area contributed by atoms with E-state index in [9.17, 15) is 23.1 Å². The molecule has 2 rings (SSSR count). The molecule has 0 unspecified atom stereocenters. The van der Waals surface area contributed by atoms with Crippen LogP contribution in [0, 0.1) is 5.82 Å². The average Bonchev–Trinajstić information content (AvgIpc) is 2.47. The Kier molecular flexibility index (Phi) is 5.42. The average molecular weight is 317 g/mol. The Morgan fingerprint density at radius 1 is 1.36 bits per heavy atom. The standard InChI is InChI=1S/C15H18F3NO3/c16-12-9-10(1-2-11(12)13(17)18)14(21)19-15(3-6-20)4-7-22-8-5-15/h1-2,9,13,20H,3-8H2,(H,19,21). The van der Waals surface area contributed by atoms with Crippen LogP contribution in [0.4, 0.5) is 13.2 Å². The first-order valence-electron chi connectivity index (χ1n) is 7.06. The van der Waals surface area contributed by atoms with Gasteiger partial charge in [-0.15, -0.1) is 0 Å². The summed E-state index contributed by atoms with van der Waals surface area (Å²) in [7, 11) is 0. The molecule has 1 aromatic carbocycles. The second-order valence-electron chi connectivity index (χ2n) is 5.36. The Hall–Kier alpha value is -1.60. The molecule has 0 aliphatic carbocycles. The molecule has 22 heavy (non-hydrogen) atoms. The van der Waals surface area contributed by atoms with Gasteiger partial charge in [0.1, 0.15) is 5.82 Å². The van der Waals surface area contributed by atoms with Crippen molar-refractivity contribution in [3.05, 3.63) is 35.1 Å². The maximum atomic E-state index is 13.6. The summed E-state index contributed by atoms with van der Waals surface area (Å²) in [5, 5.41) is 12.0. The second kappa shape index (κ2) is 7.11. The van der Waals surface area contributed by atoms with Crippen LogP contribution in [-0.2, 0) is 4.74 Å². The Balaban J connectivity index is 2.15. The number of amides is 1. The molecule has 1 aliphatic heterocycles. The van der Waals surface area contributed by atoms with Gasteiger partial charge in [-0.05, 0) is 37.5 Å². The van der Waals surface area contributed by atoms with Gasteiger partial charge >= 0.3 is 0 Å². The van der Waals surface area contributed by atoms with Gasteiger partial charge in [0.05, 0.1) is 5.56 Å².